The zero-order valence-corrected chi connectivity index (χ0v) is 4.05. The Morgan fingerprint density at radius 1 is 1.71 bits per heavy atom. The normalized spacial score (nSPS) is 19.6. The first-order valence-electron chi connectivity index (χ1n) is 2.48. The highest BCUT2D eigenvalue weighted by molar-refractivity contribution is 5.83. The Bertz CT molecular complexity index is 84.1. The van der Waals surface area contributed by atoms with Gasteiger partial charge < -0.3 is 5.11 Å². The lowest BCUT2D eigenvalue weighted by atomic mass is 10.3. The van der Waals surface area contributed by atoms with Crippen LogP contribution < -0.4 is 0 Å². The number of aliphatic hydroxyl groups is 1. The van der Waals surface area contributed by atoms with Crippen LogP contribution in [0.1, 0.15) is 12.8 Å². The van der Waals surface area contributed by atoms with Gasteiger partial charge in [0.25, 0.3) is 0 Å². The fourth-order valence-electron chi connectivity index (χ4n) is 0.534. The minimum absolute atomic E-state index is 0.0139. The Morgan fingerprint density at radius 2 is 2.29 bits per heavy atom. The molecule has 0 bridgehead atoms. The van der Waals surface area contributed by atoms with Gasteiger partial charge in [-0.1, -0.05) is 0 Å². The second-order valence-electron chi connectivity index (χ2n) is 1.90. The molecule has 0 aromatic carbocycles. The Morgan fingerprint density at radius 3 is 2.43 bits per heavy atom. The van der Waals surface area contributed by atoms with E-state index in [9.17, 15) is 4.79 Å². The average molecular weight is 100 g/mol. The van der Waals surface area contributed by atoms with Crippen LogP contribution in [0, 0.1) is 5.92 Å². The SMILES string of the molecule is O=C(CO)C1CC1. The van der Waals surface area contributed by atoms with Gasteiger partial charge in [0.05, 0.1) is 0 Å². The lowest BCUT2D eigenvalue weighted by Gasteiger charge is -1.84. The number of rotatable bonds is 2. The van der Waals surface area contributed by atoms with Crippen LogP contribution in [0.4, 0.5) is 0 Å². The molecule has 1 rings (SSSR count). The molecule has 2 heteroatoms. The van der Waals surface area contributed by atoms with Gasteiger partial charge in [-0.2, -0.15) is 0 Å². The molecule has 0 amide bonds. The van der Waals surface area contributed by atoms with Crippen molar-refractivity contribution >= 4 is 5.78 Å². The van der Waals surface area contributed by atoms with E-state index in [1.807, 2.05) is 0 Å². The van der Waals surface area contributed by atoms with E-state index in [4.69, 9.17) is 5.11 Å². The van der Waals surface area contributed by atoms with Gasteiger partial charge in [-0.3, -0.25) is 4.79 Å². The van der Waals surface area contributed by atoms with E-state index in [1.165, 1.54) is 0 Å². The number of carbonyl (C=O) groups excluding carboxylic acids is 1. The van der Waals surface area contributed by atoms with E-state index >= 15 is 0 Å². The van der Waals surface area contributed by atoms with E-state index in [0.717, 1.165) is 12.8 Å². The number of hydrogen-bond acceptors (Lipinski definition) is 2. The van der Waals surface area contributed by atoms with Gasteiger partial charge in [-0.15, -0.1) is 0 Å². The van der Waals surface area contributed by atoms with Crippen molar-refractivity contribution in [1.82, 2.24) is 0 Å². The number of carbonyl (C=O) groups is 1. The summed E-state index contributed by atoms with van der Waals surface area (Å²) in [5, 5.41) is 8.20. The van der Waals surface area contributed by atoms with Gasteiger partial charge in [0.1, 0.15) is 6.61 Å². The van der Waals surface area contributed by atoms with Crippen molar-refractivity contribution in [2.24, 2.45) is 5.92 Å². The van der Waals surface area contributed by atoms with E-state index in [-0.39, 0.29) is 18.3 Å². The molecule has 0 heterocycles. The van der Waals surface area contributed by atoms with Crippen LogP contribution in [0.2, 0.25) is 0 Å². The summed E-state index contributed by atoms with van der Waals surface area (Å²) in [7, 11) is 0. The van der Waals surface area contributed by atoms with Crippen LogP contribution in [0.25, 0.3) is 0 Å². The van der Waals surface area contributed by atoms with Crippen LogP contribution in [-0.4, -0.2) is 17.5 Å². The minimum atomic E-state index is -0.259. The average Bonchev–Trinajstić information content (AvgIpc) is 2.44. The predicted molar refractivity (Wildman–Crippen MR) is 24.8 cm³/mol. The van der Waals surface area contributed by atoms with Crippen LogP contribution >= 0.6 is 0 Å². The maximum atomic E-state index is 10.3. The molecule has 0 spiro atoms. The van der Waals surface area contributed by atoms with Crippen LogP contribution in [0.5, 0.6) is 0 Å². The molecule has 0 saturated heterocycles. The van der Waals surface area contributed by atoms with Crippen molar-refractivity contribution in [3.8, 4) is 0 Å². The van der Waals surface area contributed by atoms with Crippen molar-refractivity contribution in [3.05, 3.63) is 0 Å². The van der Waals surface area contributed by atoms with Gasteiger partial charge in [-0.25, -0.2) is 0 Å². The van der Waals surface area contributed by atoms with Gasteiger partial charge >= 0.3 is 0 Å². The third kappa shape index (κ3) is 0.996. The molecule has 0 atom stereocenters. The second-order valence-corrected chi connectivity index (χ2v) is 1.90. The minimum Gasteiger partial charge on any atom is -0.389 e. The molecule has 1 aliphatic carbocycles. The Labute approximate surface area is 42.1 Å². The monoisotopic (exact) mass is 100 g/mol. The zero-order valence-electron chi connectivity index (χ0n) is 4.05. The third-order valence-electron chi connectivity index (χ3n) is 1.19. The summed E-state index contributed by atoms with van der Waals surface area (Å²) in [4.78, 5) is 10.3. The largest absolute Gasteiger partial charge is 0.389 e. The van der Waals surface area contributed by atoms with E-state index in [2.05, 4.69) is 0 Å². The fourth-order valence-corrected chi connectivity index (χ4v) is 0.534. The molecule has 1 saturated carbocycles. The summed E-state index contributed by atoms with van der Waals surface area (Å²) in [5.74, 6) is 0.241. The first-order valence-corrected chi connectivity index (χ1v) is 2.48. The van der Waals surface area contributed by atoms with Crippen molar-refractivity contribution in [2.75, 3.05) is 6.61 Å². The van der Waals surface area contributed by atoms with Crippen molar-refractivity contribution in [3.63, 3.8) is 0 Å². The van der Waals surface area contributed by atoms with E-state index in [0.29, 0.717) is 0 Å². The summed E-state index contributed by atoms with van der Waals surface area (Å²) >= 11 is 0. The Hall–Kier alpha value is -0.370. The summed E-state index contributed by atoms with van der Waals surface area (Å²) in [5.41, 5.74) is 0. The van der Waals surface area contributed by atoms with Crippen molar-refractivity contribution in [1.29, 1.82) is 0 Å². The Balaban J connectivity index is 2.24. The number of Topliss-reactive ketones (excluding diaryl/α,β-unsaturated/α-hetero) is 1. The molecular weight excluding hydrogens is 92.1 g/mol. The molecule has 1 N–H and O–H groups in total. The highest BCUT2D eigenvalue weighted by Crippen LogP contribution is 2.29. The summed E-state index contributed by atoms with van der Waals surface area (Å²) < 4.78 is 0. The number of aliphatic hydroxyl groups excluding tert-OH is 1. The molecular formula is C5H8O2. The lowest BCUT2D eigenvalue weighted by molar-refractivity contribution is -0.122. The summed E-state index contributed by atoms with van der Waals surface area (Å²) in [6, 6.07) is 0. The highest BCUT2D eigenvalue weighted by atomic mass is 16.3. The van der Waals surface area contributed by atoms with E-state index in [1.54, 1.807) is 0 Å². The lowest BCUT2D eigenvalue weighted by Crippen LogP contribution is -2.04. The highest BCUT2D eigenvalue weighted by Gasteiger charge is 2.28. The Kier molecular flexibility index (Phi) is 1.11. The quantitative estimate of drug-likeness (QED) is 0.528. The predicted octanol–water partition coefficient (Wildman–Crippen LogP) is -0.0422. The van der Waals surface area contributed by atoms with Crippen LogP contribution in [0.3, 0.4) is 0 Å². The molecule has 0 aromatic heterocycles. The maximum absolute atomic E-state index is 10.3. The zero-order chi connectivity index (χ0) is 5.28. The van der Waals surface area contributed by atoms with Crippen LogP contribution in [-0.2, 0) is 4.79 Å². The molecule has 0 aromatic rings. The van der Waals surface area contributed by atoms with Gasteiger partial charge in [-0.05, 0) is 12.8 Å². The summed E-state index contributed by atoms with van der Waals surface area (Å²) in [6.45, 7) is -0.259. The van der Waals surface area contributed by atoms with Gasteiger partial charge in [0.2, 0.25) is 0 Å². The van der Waals surface area contributed by atoms with Gasteiger partial charge in [0, 0.05) is 5.92 Å². The first kappa shape index (κ1) is 4.78. The van der Waals surface area contributed by atoms with Crippen molar-refractivity contribution < 1.29 is 9.90 Å². The molecule has 40 valence electrons. The molecule has 7 heavy (non-hydrogen) atoms. The topological polar surface area (TPSA) is 37.3 Å². The van der Waals surface area contributed by atoms with Gasteiger partial charge in [0.15, 0.2) is 5.78 Å². The summed E-state index contributed by atoms with van der Waals surface area (Å²) in [6.07, 6.45) is 2.00. The molecule has 1 aliphatic rings. The number of ketones is 1. The standard InChI is InChI=1S/C5H8O2/c6-3-5(7)4-1-2-4/h4,6H,1-3H2. The molecule has 0 aliphatic heterocycles. The number of hydrogen-bond donors (Lipinski definition) is 1. The smallest absolute Gasteiger partial charge is 0.161 e. The third-order valence-corrected chi connectivity index (χ3v) is 1.19. The maximum Gasteiger partial charge on any atom is 0.161 e. The van der Waals surface area contributed by atoms with E-state index < -0.39 is 0 Å². The van der Waals surface area contributed by atoms with Crippen LogP contribution in [0.15, 0.2) is 0 Å². The first-order chi connectivity index (χ1) is 3.34. The van der Waals surface area contributed by atoms with Crippen molar-refractivity contribution in [2.45, 2.75) is 12.8 Å². The molecule has 1 fully saturated rings. The molecule has 0 unspecified atom stereocenters. The molecule has 0 radical (unpaired) electrons. The molecule has 2 nitrogen and oxygen atoms in total. The fraction of sp³-hybridized carbons (Fsp3) is 0.800. The second kappa shape index (κ2) is 1.62.